The molecule has 0 aliphatic heterocycles. The Morgan fingerprint density at radius 1 is 0.553 bits per heavy atom. The number of ether oxygens (including phenoxy) is 1. The molecule has 1 N–H and O–H groups in total. The Balaban J connectivity index is 1.08. The number of amides is 1. The Labute approximate surface area is 235 Å². The van der Waals surface area contributed by atoms with Gasteiger partial charge in [-0.05, 0) is 87.4 Å². The largest absolute Gasteiger partial charge is 0.368 e. The molecule has 6 fully saturated rings. The molecule has 3 nitrogen and oxygen atoms in total. The van der Waals surface area contributed by atoms with Crippen molar-refractivity contribution in [3.05, 3.63) is 0 Å². The average Bonchev–Trinajstić information content (AvgIpc) is 3.04. The first kappa shape index (κ1) is 28.9. The molecule has 6 rings (SSSR count). The van der Waals surface area contributed by atoms with Crippen LogP contribution in [0.2, 0.25) is 0 Å². The molecule has 0 spiro atoms. The third-order valence-electron chi connectivity index (χ3n) is 12.4. The quantitative estimate of drug-likeness (QED) is 0.349. The van der Waals surface area contributed by atoms with Crippen molar-refractivity contribution < 1.29 is 9.53 Å². The van der Waals surface area contributed by atoms with Crippen LogP contribution in [-0.2, 0) is 9.53 Å². The smallest absolute Gasteiger partial charge is 0.246 e. The van der Waals surface area contributed by atoms with Crippen LogP contribution < -0.4 is 5.32 Å². The van der Waals surface area contributed by atoms with Crippen LogP contribution in [0.15, 0.2) is 0 Å². The van der Waals surface area contributed by atoms with E-state index < -0.39 is 0 Å². The van der Waals surface area contributed by atoms with Crippen molar-refractivity contribution in [2.75, 3.05) is 6.61 Å². The molecule has 2 atom stereocenters. The second-order valence-electron chi connectivity index (χ2n) is 14.7. The molecule has 0 aromatic heterocycles. The zero-order valence-corrected chi connectivity index (χ0v) is 24.9. The van der Waals surface area contributed by atoms with Crippen LogP contribution >= 0.6 is 0 Å². The molecule has 0 aromatic carbocycles. The fraction of sp³-hybridized carbons (Fsp3) is 0.971. The minimum absolute atomic E-state index is 0.0756. The van der Waals surface area contributed by atoms with E-state index in [4.69, 9.17) is 4.74 Å². The summed E-state index contributed by atoms with van der Waals surface area (Å²) in [6.07, 6.45) is 37.9. The van der Waals surface area contributed by atoms with Gasteiger partial charge in [-0.3, -0.25) is 4.79 Å². The molecule has 0 radical (unpaired) electrons. The van der Waals surface area contributed by atoms with Crippen LogP contribution in [0.1, 0.15) is 173 Å². The highest BCUT2D eigenvalue weighted by Crippen LogP contribution is 2.58. The lowest BCUT2D eigenvalue weighted by atomic mass is 9.51. The zero-order chi connectivity index (χ0) is 26.1. The van der Waals surface area contributed by atoms with E-state index in [1.807, 2.05) is 0 Å². The zero-order valence-electron chi connectivity index (χ0n) is 24.9. The summed E-state index contributed by atoms with van der Waals surface area (Å²) < 4.78 is 6.08. The molecule has 218 valence electrons. The molecular formula is C35H61NO2. The van der Waals surface area contributed by atoms with Crippen LogP contribution in [0.3, 0.4) is 0 Å². The van der Waals surface area contributed by atoms with Gasteiger partial charge in [-0.1, -0.05) is 109 Å². The minimum Gasteiger partial charge on any atom is -0.368 e. The summed E-state index contributed by atoms with van der Waals surface area (Å²) in [5.74, 6) is 3.14. The lowest BCUT2D eigenvalue weighted by molar-refractivity contribution is -0.133. The highest BCUT2D eigenvalue weighted by molar-refractivity contribution is 5.78. The van der Waals surface area contributed by atoms with E-state index in [0.717, 1.165) is 30.6 Å². The highest BCUT2D eigenvalue weighted by Gasteiger charge is 2.52. The van der Waals surface area contributed by atoms with Crippen molar-refractivity contribution in [1.29, 1.82) is 0 Å². The molecule has 38 heavy (non-hydrogen) atoms. The number of fused-ring (bicyclic) bond motifs is 3. The predicted molar refractivity (Wildman–Crippen MR) is 158 cm³/mol. The molecule has 1 amide bonds. The first-order valence-corrected chi connectivity index (χ1v) is 17.6. The summed E-state index contributed by atoms with van der Waals surface area (Å²) in [7, 11) is 0. The number of carbonyl (C=O) groups is 1. The Kier molecular flexibility index (Phi) is 10.9. The van der Waals surface area contributed by atoms with Crippen LogP contribution in [0.25, 0.3) is 0 Å². The van der Waals surface area contributed by atoms with Crippen molar-refractivity contribution in [1.82, 2.24) is 5.32 Å². The normalized spacial score (nSPS) is 37.1. The summed E-state index contributed by atoms with van der Waals surface area (Å²) >= 11 is 0. The molecule has 0 heterocycles. The molecule has 0 saturated heterocycles. The number of hydrogen-bond donors (Lipinski definition) is 1. The van der Waals surface area contributed by atoms with Crippen molar-refractivity contribution in [2.45, 2.75) is 185 Å². The monoisotopic (exact) mass is 527 g/mol. The maximum Gasteiger partial charge on any atom is 0.246 e. The van der Waals surface area contributed by atoms with Crippen molar-refractivity contribution >= 4 is 5.91 Å². The fourth-order valence-electron chi connectivity index (χ4n) is 9.88. The van der Waals surface area contributed by atoms with E-state index in [0.29, 0.717) is 11.5 Å². The standard InChI is InChI=1S/C35H61NO2/c37-33(28-38-32-20-9-5-6-10-21-32)36-35-25-22-34(23-26-35,24-27-35)31-18-12-11-16-30(17-13-19-31)29-14-7-3-1-2-4-8-15-29/h29-32H,1-28H2,(H,36,37). The van der Waals surface area contributed by atoms with Gasteiger partial charge in [0.2, 0.25) is 5.91 Å². The summed E-state index contributed by atoms with van der Waals surface area (Å²) in [4.78, 5) is 12.9. The van der Waals surface area contributed by atoms with Crippen molar-refractivity contribution in [3.63, 3.8) is 0 Å². The lowest BCUT2D eigenvalue weighted by Crippen LogP contribution is -2.58. The van der Waals surface area contributed by atoms with Gasteiger partial charge >= 0.3 is 0 Å². The molecule has 3 heteroatoms. The summed E-state index contributed by atoms with van der Waals surface area (Å²) in [6.45, 7) is 0.280. The van der Waals surface area contributed by atoms with E-state index in [1.165, 1.54) is 161 Å². The first-order chi connectivity index (χ1) is 18.7. The first-order valence-electron chi connectivity index (χ1n) is 17.6. The lowest BCUT2D eigenvalue weighted by Gasteiger charge is -2.57. The van der Waals surface area contributed by atoms with E-state index in [-0.39, 0.29) is 18.1 Å². The Morgan fingerprint density at radius 2 is 1.00 bits per heavy atom. The average molecular weight is 528 g/mol. The molecule has 2 bridgehead atoms. The minimum atomic E-state index is 0.0756. The van der Waals surface area contributed by atoms with E-state index in [2.05, 4.69) is 5.32 Å². The van der Waals surface area contributed by atoms with Gasteiger partial charge in [-0.2, -0.15) is 0 Å². The SMILES string of the molecule is O=C(COC1CCCCCC1)NC12CCC(C3CCCCC(C4CCCCCCCC4)CCC3)(CC1)CC2. The van der Waals surface area contributed by atoms with Gasteiger partial charge in [-0.25, -0.2) is 0 Å². The van der Waals surface area contributed by atoms with Crippen LogP contribution in [0.5, 0.6) is 0 Å². The van der Waals surface area contributed by atoms with E-state index >= 15 is 0 Å². The van der Waals surface area contributed by atoms with Gasteiger partial charge in [0.25, 0.3) is 0 Å². The van der Waals surface area contributed by atoms with Gasteiger partial charge in [0.15, 0.2) is 0 Å². The fourth-order valence-corrected chi connectivity index (χ4v) is 9.88. The maximum absolute atomic E-state index is 12.9. The summed E-state index contributed by atoms with van der Waals surface area (Å²) in [5.41, 5.74) is 0.660. The predicted octanol–water partition coefficient (Wildman–Crippen LogP) is 9.66. The summed E-state index contributed by atoms with van der Waals surface area (Å²) in [5, 5.41) is 3.52. The van der Waals surface area contributed by atoms with Gasteiger partial charge < -0.3 is 10.1 Å². The topological polar surface area (TPSA) is 38.3 Å². The third-order valence-corrected chi connectivity index (χ3v) is 12.4. The van der Waals surface area contributed by atoms with Crippen LogP contribution in [-0.4, -0.2) is 24.2 Å². The van der Waals surface area contributed by atoms with Crippen molar-refractivity contribution in [3.8, 4) is 0 Å². The Hall–Kier alpha value is -0.570. The molecule has 2 unspecified atom stereocenters. The van der Waals surface area contributed by atoms with Gasteiger partial charge in [0, 0.05) is 5.54 Å². The van der Waals surface area contributed by atoms with Crippen LogP contribution in [0.4, 0.5) is 0 Å². The third kappa shape index (κ3) is 7.79. The summed E-state index contributed by atoms with van der Waals surface area (Å²) in [6, 6.07) is 0. The second-order valence-corrected chi connectivity index (χ2v) is 14.7. The number of nitrogens with one attached hydrogen (secondary N) is 1. The second kappa shape index (κ2) is 14.4. The van der Waals surface area contributed by atoms with Gasteiger partial charge in [0.1, 0.15) is 6.61 Å². The Morgan fingerprint density at radius 3 is 1.61 bits per heavy atom. The number of carbonyl (C=O) groups excluding carboxylic acids is 1. The van der Waals surface area contributed by atoms with E-state index in [1.54, 1.807) is 0 Å². The molecule has 6 aliphatic rings. The number of hydrogen-bond acceptors (Lipinski definition) is 2. The number of rotatable bonds is 6. The molecule has 6 aliphatic carbocycles. The van der Waals surface area contributed by atoms with Crippen molar-refractivity contribution in [2.24, 2.45) is 23.2 Å². The molecule has 0 aromatic rings. The molecular weight excluding hydrogens is 466 g/mol. The van der Waals surface area contributed by atoms with Gasteiger partial charge in [0.05, 0.1) is 6.10 Å². The highest BCUT2D eigenvalue weighted by atomic mass is 16.5. The van der Waals surface area contributed by atoms with Crippen LogP contribution in [0, 0.1) is 23.2 Å². The van der Waals surface area contributed by atoms with Gasteiger partial charge in [-0.15, -0.1) is 0 Å². The maximum atomic E-state index is 12.9. The molecule has 6 saturated carbocycles. The Bertz CT molecular complexity index is 676. The van der Waals surface area contributed by atoms with E-state index in [9.17, 15) is 4.79 Å².